The zero-order chi connectivity index (χ0) is 21.4. The number of amides is 1. The first-order valence-electron chi connectivity index (χ1n) is 10.3. The van der Waals surface area contributed by atoms with Crippen LogP contribution in [0.5, 0.6) is 0 Å². The summed E-state index contributed by atoms with van der Waals surface area (Å²) in [5.74, 6) is 0.686. The molecule has 5 rings (SSSR count). The van der Waals surface area contributed by atoms with Crippen molar-refractivity contribution in [2.45, 2.75) is 32.4 Å². The molecule has 31 heavy (non-hydrogen) atoms. The fourth-order valence-corrected chi connectivity index (χ4v) is 3.85. The molecule has 156 valence electrons. The Morgan fingerprint density at radius 2 is 2.03 bits per heavy atom. The van der Waals surface area contributed by atoms with Gasteiger partial charge in [-0.3, -0.25) is 9.20 Å². The summed E-state index contributed by atoms with van der Waals surface area (Å²) in [6.07, 6.45) is 7.62. The molecule has 0 radical (unpaired) electrons. The van der Waals surface area contributed by atoms with E-state index >= 15 is 0 Å². The smallest absolute Gasteiger partial charge is 0.251 e. The summed E-state index contributed by atoms with van der Waals surface area (Å²) in [5.41, 5.74) is 5.32. The van der Waals surface area contributed by atoms with Gasteiger partial charge in [0.25, 0.3) is 5.91 Å². The van der Waals surface area contributed by atoms with Crippen LogP contribution in [0, 0.1) is 6.92 Å². The molecule has 1 aliphatic carbocycles. The van der Waals surface area contributed by atoms with Crippen LogP contribution >= 0.6 is 11.6 Å². The number of hydrogen-bond acceptors (Lipinski definition) is 4. The quantitative estimate of drug-likeness (QED) is 0.457. The predicted octanol–water partition coefficient (Wildman–Crippen LogP) is 4.86. The summed E-state index contributed by atoms with van der Waals surface area (Å²) in [7, 11) is 0. The number of carbonyl (C=O) groups excluding carboxylic acids is 1. The highest BCUT2D eigenvalue weighted by atomic mass is 35.5. The third-order valence-corrected chi connectivity index (χ3v) is 5.88. The number of rotatable bonds is 6. The Balaban J connectivity index is 1.42. The largest absolute Gasteiger partial charge is 0.363 e. The van der Waals surface area contributed by atoms with Gasteiger partial charge in [-0.25, -0.2) is 9.97 Å². The minimum absolute atomic E-state index is 0.0000451. The van der Waals surface area contributed by atoms with Crippen molar-refractivity contribution in [3.05, 3.63) is 82.8 Å². The lowest BCUT2D eigenvalue weighted by Gasteiger charge is -2.10. The first kappa shape index (κ1) is 19.6. The average Bonchev–Trinajstić information content (AvgIpc) is 3.47. The lowest BCUT2D eigenvalue weighted by Crippen LogP contribution is -2.26. The number of hydrogen-bond donors (Lipinski definition) is 2. The highest BCUT2D eigenvalue weighted by Gasteiger charge is 2.24. The Hall–Kier alpha value is -3.38. The monoisotopic (exact) mass is 431 g/mol. The summed E-state index contributed by atoms with van der Waals surface area (Å²) in [5, 5.41) is 7.10. The minimum Gasteiger partial charge on any atom is -0.363 e. The topological polar surface area (TPSA) is 71.3 Å². The van der Waals surface area contributed by atoms with Crippen LogP contribution in [0.4, 0.5) is 5.82 Å². The molecule has 0 unspecified atom stereocenters. The maximum atomic E-state index is 12.4. The van der Waals surface area contributed by atoms with Crippen LogP contribution in [-0.4, -0.2) is 26.3 Å². The molecule has 0 atom stereocenters. The van der Waals surface area contributed by atoms with Crippen LogP contribution in [0.3, 0.4) is 0 Å². The highest BCUT2D eigenvalue weighted by molar-refractivity contribution is 6.31. The highest BCUT2D eigenvalue weighted by Crippen LogP contribution is 2.27. The molecule has 1 saturated carbocycles. The zero-order valence-corrected chi connectivity index (χ0v) is 17.9. The third-order valence-electron chi connectivity index (χ3n) is 5.51. The van der Waals surface area contributed by atoms with Gasteiger partial charge in [0.2, 0.25) is 0 Å². The van der Waals surface area contributed by atoms with Gasteiger partial charge >= 0.3 is 0 Å². The van der Waals surface area contributed by atoms with Crippen LogP contribution < -0.4 is 10.6 Å². The Bertz CT molecular complexity index is 1280. The van der Waals surface area contributed by atoms with E-state index in [9.17, 15) is 4.79 Å². The lowest BCUT2D eigenvalue weighted by molar-refractivity contribution is 0.0950. The lowest BCUT2D eigenvalue weighted by atomic mass is 10.0. The van der Waals surface area contributed by atoms with Crippen molar-refractivity contribution in [3.63, 3.8) is 0 Å². The van der Waals surface area contributed by atoms with Crippen molar-refractivity contribution in [1.82, 2.24) is 19.7 Å². The molecule has 2 aromatic heterocycles. The van der Waals surface area contributed by atoms with Crippen LogP contribution in [0.1, 0.15) is 34.3 Å². The van der Waals surface area contributed by atoms with Crippen molar-refractivity contribution in [3.8, 4) is 11.3 Å². The second-order valence-electron chi connectivity index (χ2n) is 7.84. The summed E-state index contributed by atoms with van der Waals surface area (Å²) in [6, 6.07) is 14.0. The molecule has 2 N–H and O–H groups in total. The molecule has 1 fully saturated rings. The molecule has 0 spiro atoms. The molecule has 0 saturated heterocycles. The van der Waals surface area contributed by atoms with Crippen molar-refractivity contribution < 1.29 is 4.79 Å². The minimum atomic E-state index is -0.0000451. The van der Waals surface area contributed by atoms with Crippen molar-refractivity contribution in [2.24, 2.45) is 0 Å². The molecule has 0 aliphatic heterocycles. The molecule has 6 nitrogen and oxygen atoms in total. The zero-order valence-electron chi connectivity index (χ0n) is 17.1. The molecule has 1 amide bonds. The number of carbonyl (C=O) groups is 1. The number of fused-ring (bicyclic) bond motifs is 1. The van der Waals surface area contributed by atoms with Gasteiger partial charge in [-0.2, -0.15) is 0 Å². The van der Waals surface area contributed by atoms with E-state index in [4.69, 9.17) is 11.6 Å². The number of nitrogens with zero attached hydrogens (tertiary/aromatic N) is 3. The first-order valence-corrected chi connectivity index (χ1v) is 10.7. The summed E-state index contributed by atoms with van der Waals surface area (Å²) in [4.78, 5) is 21.5. The van der Waals surface area contributed by atoms with Crippen molar-refractivity contribution in [1.29, 1.82) is 0 Å². The van der Waals surface area contributed by atoms with Gasteiger partial charge in [-0.05, 0) is 49.1 Å². The van der Waals surface area contributed by atoms with Crippen LogP contribution in [0.15, 0.2) is 61.1 Å². The van der Waals surface area contributed by atoms with Gasteiger partial charge in [0.1, 0.15) is 0 Å². The van der Waals surface area contributed by atoms with E-state index in [1.165, 1.54) is 0 Å². The van der Waals surface area contributed by atoms with Gasteiger partial charge in [-0.1, -0.05) is 35.9 Å². The van der Waals surface area contributed by atoms with Gasteiger partial charge in [0.15, 0.2) is 11.5 Å². The fourth-order valence-electron chi connectivity index (χ4n) is 3.65. The van der Waals surface area contributed by atoms with E-state index in [0.29, 0.717) is 29.0 Å². The molecular weight excluding hydrogens is 410 g/mol. The molecule has 4 aromatic rings. The normalized spacial score (nSPS) is 13.4. The van der Waals surface area contributed by atoms with Gasteiger partial charge in [0, 0.05) is 41.1 Å². The maximum absolute atomic E-state index is 12.4. The first-order chi connectivity index (χ1) is 15.1. The van der Waals surface area contributed by atoms with Gasteiger partial charge < -0.3 is 10.6 Å². The molecular formula is C24H22ClN5O. The van der Waals surface area contributed by atoms with E-state index < -0.39 is 0 Å². The summed E-state index contributed by atoms with van der Waals surface area (Å²) < 4.78 is 2.00. The van der Waals surface area contributed by atoms with Gasteiger partial charge in [-0.15, -0.1) is 0 Å². The van der Waals surface area contributed by atoms with E-state index in [0.717, 1.165) is 40.9 Å². The molecule has 2 aromatic carbocycles. The van der Waals surface area contributed by atoms with Crippen molar-refractivity contribution in [2.75, 3.05) is 5.32 Å². The Kier molecular flexibility index (Phi) is 5.08. The Morgan fingerprint density at radius 3 is 2.81 bits per heavy atom. The number of imidazole rings is 1. The number of halogens is 1. The van der Waals surface area contributed by atoms with E-state index in [1.54, 1.807) is 6.20 Å². The second-order valence-corrected chi connectivity index (χ2v) is 8.24. The average molecular weight is 432 g/mol. The van der Waals surface area contributed by atoms with Crippen molar-refractivity contribution >= 4 is 29.0 Å². The predicted molar refractivity (Wildman–Crippen MR) is 122 cm³/mol. The molecule has 0 bridgehead atoms. The SMILES string of the molecule is Cc1cc(-c2cnc3c(NCc4ccccc4Cl)nccn23)ccc1C(=O)NC1CC1. The van der Waals surface area contributed by atoms with Crippen LogP contribution in [0.25, 0.3) is 16.9 Å². The maximum Gasteiger partial charge on any atom is 0.251 e. The molecule has 2 heterocycles. The number of nitrogens with one attached hydrogen (secondary N) is 2. The van der Waals surface area contributed by atoms with E-state index in [-0.39, 0.29) is 5.91 Å². The second kappa shape index (κ2) is 8.04. The molecule has 1 aliphatic rings. The van der Waals surface area contributed by atoms with E-state index in [2.05, 4.69) is 20.6 Å². The molecule has 7 heteroatoms. The Labute approximate surface area is 185 Å². The third kappa shape index (κ3) is 3.99. The fraction of sp³-hybridized carbons (Fsp3) is 0.208. The number of anilines is 1. The standard InChI is InChI=1S/C24H22ClN5O/c1-15-12-16(6-9-19(15)24(31)29-18-7-8-18)21-14-28-23-22(26-10-11-30(21)23)27-13-17-4-2-3-5-20(17)25/h2-6,9-12,14,18H,7-8,13H2,1H3,(H,26,27)(H,29,31). The summed E-state index contributed by atoms with van der Waals surface area (Å²) in [6.45, 7) is 2.52. The van der Waals surface area contributed by atoms with E-state index in [1.807, 2.05) is 66.2 Å². The number of benzene rings is 2. The van der Waals surface area contributed by atoms with Crippen LogP contribution in [0.2, 0.25) is 5.02 Å². The number of aromatic nitrogens is 3. The Morgan fingerprint density at radius 1 is 1.19 bits per heavy atom. The van der Waals surface area contributed by atoms with Crippen LogP contribution in [-0.2, 0) is 6.54 Å². The summed E-state index contributed by atoms with van der Waals surface area (Å²) >= 11 is 6.26. The number of aryl methyl sites for hydroxylation is 1. The van der Waals surface area contributed by atoms with Gasteiger partial charge in [0.05, 0.1) is 11.9 Å².